The number of halogens is 1. The summed E-state index contributed by atoms with van der Waals surface area (Å²) in [6.07, 6.45) is 0.762. The summed E-state index contributed by atoms with van der Waals surface area (Å²) in [6, 6.07) is 16.2. The van der Waals surface area contributed by atoms with Crippen LogP contribution in [-0.4, -0.2) is 7.11 Å². The zero-order valence-corrected chi connectivity index (χ0v) is 12.1. The van der Waals surface area contributed by atoms with Crippen molar-refractivity contribution in [3.8, 4) is 5.75 Å². The summed E-state index contributed by atoms with van der Waals surface area (Å²) < 4.78 is 12.1. The maximum atomic E-state index is 5.89. The summed E-state index contributed by atoms with van der Waals surface area (Å²) in [5.41, 5.74) is 2.08. The van der Waals surface area contributed by atoms with Crippen LogP contribution in [0.3, 0.4) is 0 Å². The van der Waals surface area contributed by atoms with Crippen LogP contribution in [0.5, 0.6) is 5.75 Å². The van der Waals surface area contributed by atoms with Gasteiger partial charge in [-0.15, -0.1) is 0 Å². The molecule has 3 rings (SSSR count). The summed E-state index contributed by atoms with van der Waals surface area (Å²) in [5.74, 6) is 1.82. The molecule has 0 bridgehead atoms. The van der Waals surface area contributed by atoms with E-state index in [2.05, 4.69) is 34.1 Å². The fourth-order valence-electron chi connectivity index (χ4n) is 2.15. The molecule has 0 unspecified atom stereocenters. The minimum absolute atomic E-state index is 0.762. The van der Waals surface area contributed by atoms with Crippen molar-refractivity contribution in [2.45, 2.75) is 6.42 Å². The molecule has 0 spiro atoms. The SMILES string of the molecule is COc1cccc(Cc2cc3cccc(Br)c3o2)c1. The predicted octanol–water partition coefficient (Wildman–Crippen LogP) is 4.79. The molecule has 3 heteroatoms. The van der Waals surface area contributed by atoms with Crippen molar-refractivity contribution in [2.24, 2.45) is 0 Å². The van der Waals surface area contributed by atoms with Gasteiger partial charge in [0.15, 0.2) is 0 Å². The number of furan rings is 1. The van der Waals surface area contributed by atoms with Gasteiger partial charge in [0, 0.05) is 11.8 Å². The third-order valence-electron chi connectivity index (χ3n) is 3.06. The monoisotopic (exact) mass is 316 g/mol. The molecule has 0 radical (unpaired) electrons. The van der Waals surface area contributed by atoms with E-state index in [-0.39, 0.29) is 0 Å². The Morgan fingerprint density at radius 2 is 1.95 bits per heavy atom. The van der Waals surface area contributed by atoms with Gasteiger partial charge in [-0.05, 0) is 45.8 Å². The van der Waals surface area contributed by atoms with Gasteiger partial charge in [-0.1, -0.05) is 24.3 Å². The van der Waals surface area contributed by atoms with Crippen molar-refractivity contribution in [2.75, 3.05) is 7.11 Å². The summed E-state index contributed by atoms with van der Waals surface area (Å²) in [6.45, 7) is 0. The van der Waals surface area contributed by atoms with Gasteiger partial charge in [0.25, 0.3) is 0 Å². The van der Waals surface area contributed by atoms with Crippen LogP contribution in [0.4, 0.5) is 0 Å². The Labute approximate surface area is 120 Å². The maximum absolute atomic E-state index is 5.89. The van der Waals surface area contributed by atoms with Gasteiger partial charge in [0.2, 0.25) is 0 Å². The van der Waals surface area contributed by atoms with Gasteiger partial charge in [0.1, 0.15) is 17.1 Å². The summed E-state index contributed by atoms with van der Waals surface area (Å²) in [5, 5.41) is 1.12. The molecule has 0 saturated heterocycles. The van der Waals surface area contributed by atoms with E-state index in [0.717, 1.165) is 33.4 Å². The molecule has 0 fully saturated rings. The molecule has 3 aromatic rings. The molecule has 0 aliphatic rings. The van der Waals surface area contributed by atoms with E-state index in [9.17, 15) is 0 Å². The molecule has 2 nitrogen and oxygen atoms in total. The normalized spacial score (nSPS) is 10.8. The Hall–Kier alpha value is -1.74. The molecule has 19 heavy (non-hydrogen) atoms. The number of ether oxygens (including phenoxy) is 1. The zero-order chi connectivity index (χ0) is 13.2. The Morgan fingerprint density at radius 3 is 2.74 bits per heavy atom. The molecule has 1 heterocycles. The second-order valence-electron chi connectivity index (χ2n) is 4.40. The number of hydrogen-bond acceptors (Lipinski definition) is 2. The Bertz CT molecular complexity index is 716. The molecule has 96 valence electrons. The molecular weight excluding hydrogens is 304 g/mol. The van der Waals surface area contributed by atoms with Gasteiger partial charge in [-0.2, -0.15) is 0 Å². The third-order valence-corrected chi connectivity index (χ3v) is 3.68. The highest BCUT2D eigenvalue weighted by molar-refractivity contribution is 9.10. The van der Waals surface area contributed by atoms with Crippen LogP contribution in [-0.2, 0) is 6.42 Å². The average Bonchev–Trinajstić information content (AvgIpc) is 2.83. The van der Waals surface area contributed by atoms with Crippen molar-refractivity contribution < 1.29 is 9.15 Å². The lowest BCUT2D eigenvalue weighted by molar-refractivity contribution is 0.414. The third kappa shape index (κ3) is 2.51. The highest BCUT2D eigenvalue weighted by Gasteiger charge is 2.07. The average molecular weight is 317 g/mol. The largest absolute Gasteiger partial charge is 0.497 e. The van der Waals surface area contributed by atoms with Crippen LogP contribution >= 0.6 is 15.9 Å². The first-order valence-electron chi connectivity index (χ1n) is 6.06. The van der Waals surface area contributed by atoms with Crippen molar-refractivity contribution in [1.82, 2.24) is 0 Å². The number of methoxy groups -OCH3 is 1. The smallest absolute Gasteiger partial charge is 0.148 e. The molecule has 0 saturated carbocycles. The minimum atomic E-state index is 0.762. The standard InChI is InChI=1S/C16H13BrO2/c1-18-13-6-2-4-11(8-13)9-14-10-12-5-3-7-15(17)16(12)19-14/h2-8,10H,9H2,1H3. The topological polar surface area (TPSA) is 22.4 Å². The first-order chi connectivity index (χ1) is 9.26. The van der Waals surface area contributed by atoms with Crippen LogP contribution in [0.25, 0.3) is 11.0 Å². The van der Waals surface area contributed by atoms with Gasteiger partial charge in [0.05, 0.1) is 11.6 Å². The van der Waals surface area contributed by atoms with Crippen molar-refractivity contribution >= 4 is 26.9 Å². The van der Waals surface area contributed by atoms with Crippen molar-refractivity contribution in [3.05, 3.63) is 64.3 Å². The molecule has 0 amide bonds. The summed E-state index contributed by atoms with van der Waals surface area (Å²) in [7, 11) is 1.68. The van der Waals surface area contributed by atoms with Gasteiger partial charge < -0.3 is 9.15 Å². The van der Waals surface area contributed by atoms with Crippen LogP contribution in [0.2, 0.25) is 0 Å². The van der Waals surface area contributed by atoms with E-state index in [4.69, 9.17) is 9.15 Å². The van der Waals surface area contributed by atoms with Crippen molar-refractivity contribution in [1.29, 1.82) is 0 Å². The second-order valence-corrected chi connectivity index (χ2v) is 5.25. The molecule has 0 aliphatic heterocycles. The lowest BCUT2D eigenvalue weighted by Gasteiger charge is -2.02. The highest BCUT2D eigenvalue weighted by atomic mass is 79.9. The fourth-order valence-corrected chi connectivity index (χ4v) is 2.61. The highest BCUT2D eigenvalue weighted by Crippen LogP contribution is 2.28. The van der Waals surface area contributed by atoms with E-state index < -0.39 is 0 Å². The molecule has 0 atom stereocenters. The van der Waals surface area contributed by atoms with Crippen LogP contribution < -0.4 is 4.74 Å². The van der Waals surface area contributed by atoms with Gasteiger partial charge >= 0.3 is 0 Å². The molecule has 0 aliphatic carbocycles. The number of fused-ring (bicyclic) bond motifs is 1. The molecule has 1 aromatic heterocycles. The first-order valence-corrected chi connectivity index (χ1v) is 6.85. The first kappa shape index (κ1) is 12.3. The molecular formula is C16H13BrO2. The minimum Gasteiger partial charge on any atom is -0.497 e. The van der Waals surface area contributed by atoms with E-state index in [0.29, 0.717) is 0 Å². The Morgan fingerprint density at radius 1 is 1.11 bits per heavy atom. The van der Waals surface area contributed by atoms with E-state index in [1.165, 1.54) is 5.56 Å². The summed E-state index contributed by atoms with van der Waals surface area (Å²) >= 11 is 3.50. The predicted molar refractivity (Wildman–Crippen MR) is 79.7 cm³/mol. The number of hydrogen-bond donors (Lipinski definition) is 0. The molecule has 2 aromatic carbocycles. The number of para-hydroxylation sites is 1. The lowest BCUT2D eigenvalue weighted by atomic mass is 10.1. The lowest BCUT2D eigenvalue weighted by Crippen LogP contribution is -1.88. The van der Waals surface area contributed by atoms with Crippen LogP contribution in [0.15, 0.2) is 57.4 Å². The summed E-state index contributed by atoms with van der Waals surface area (Å²) in [4.78, 5) is 0. The quantitative estimate of drug-likeness (QED) is 0.693. The fraction of sp³-hybridized carbons (Fsp3) is 0.125. The van der Waals surface area contributed by atoms with E-state index in [1.807, 2.05) is 30.3 Å². The second kappa shape index (κ2) is 5.10. The van der Waals surface area contributed by atoms with E-state index >= 15 is 0 Å². The van der Waals surface area contributed by atoms with Crippen molar-refractivity contribution in [3.63, 3.8) is 0 Å². The van der Waals surface area contributed by atoms with Gasteiger partial charge in [-0.25, -0.2) is 0 Å². The Kier molecular flexibility index (Phi) is 3.30. The maximum Gasteiger partial charge on any atom is 0.148 e. The van der Waals surface area contributed by atoms with Crippen LogP contribution in [0, 0.1) is 0 Å². The van der Waals surface area contributed by atoms with E-state index in [1.54, 1.807) is 7.11 Å². The zero-order valence-electron chi connectivity index (χ0n) is 10.5. The number of benzene rings is 2. The molecule has 0 N–H and O–H groups in total. The van der Waals surface area contributed by atoms with Gasteiger partial charge in [-0.3, -0.25) is 0 Å². The number of rotatable bonds is 3. The van der Waals surface area contributed by atoms with Crippen LogP contribution in [0.1, 0.15) is 11.3 Å². The Balaban J connectivity index is 1.94.